The number of rotatable bonds is 9. The maximum absolute atomic E-state index is 13.4. The molecule has 116 valence electrons. The molecule has 1 aromatic carbocycles. The van der Waals surface area contributed by atoms with Crippen LogP contribution in [-0.4, -0.2) is 28.2 Å². The minimum absolute atomic E-state index is 0.176. The summed E-state index contributed by atoms with van der Waals surface area (Å²) in [6.45, 7) is 3.35. The van der Waals surface area contributed by atoms with Crippen molar-refractivity contribution in [1.82, 2.24) is 4.72 Å². The predicted octanol–water partition coefficient (Wildman–Crippen LogP) is 2.18. The number of unbranched alkanes of at least 4 members (excludes halogenated alkanes) is 1. The summed E-state index contributed by atoms with van der Waals surface area (Å²) in [5.41, 5.74) is -0.468. The first-order valence-electron chi connectivity index (χ1n) is 6.79. The van der Waals surface area contributed by atoms with Crippen molar-refractivity contribution in [1.29, 1.82) is 5.26 Å². The van der Waals surface area contributed by atoms with Crippen LogP contribution in [0.5, 0.6) is 0 Å². The lowest BCUT2D eigenvalue weighted by atomic mass is 10.2. The van der Waals surface area contributed by atoms with E-state index >= 15 is 0 Å². The zero-order chi connectivity index (χ0) is 15.7. The molecule has 0 bridgehead atoms. The fourth-order valence-corrected chi connectivity index (χ4v) is 2.88. The van der Waals surface area contributed by atoms with Crippen LogP contribution >= 0.6 is 0 Å². The monoisotopic (exact) mass is 314 g/mol. The van der Waals surface area contributed by atoms with Gasteiger partial charge in [-0.25, -0.2) is 17.5 Å². The van der Waals surface area contributed by atoms with Crippen molar-refractivity contribution in [3.63, 3.8) is 0 Å². The Balaban J connectivity index is 2.55. The number of benzene rings is 1. The van der Waals surface area contributed by atoms with Crippen LogP contribution in [0.3, 0.4) is 0 Å². The van der Waals surface area contributed by atoms with E-state index in [1.165, 1.54) is 12.1 Å². The summed E-state index contributed by atoms with van der Waals surface area (Å²) in [4.78, 5) is -0.336. The van der Waals surface area contributed by atoms with Crippen LogP contribution in [0, 0.1) is 17.1 Å². The largest absolute Gasteiger partial charge is 0.381 e. The van der Waals surface area contributed by atoms with Gasteiger partial charge >= 0.3 is 0 Å². The number of hydrogen-bond acceptors (Lipinski definition) is 4. The molecule has 0 aromatic heterocycles. The Morgan fingerprint density at radius 3 is 2.71 bits per heavy atom. The average molecular weight is 314 g/mol. The van der Waals surface area contributed by atoms with E-state index in [1.54, 1.807) is 6.07 Å². The predicted molar refractivity (Wildman–Crippen MR) is 76.6 cm³/mol. The van der Waals surface area contributed by atoms with Gasteiger partial charge in [0, 0.05) is 19.8 Å². The molecule has 1 N–H and O–H groups in total. The molecule has 0 heterocycles. The van der Waals surface area contributed by atoms with E-state index < -0.39 is 21.4 Å². The van der Waals surface area contributed by atoms with Gasteiger partial charge in [0.2, 0.25) is 10.0 Å². The molecule has 0 saturated carbocycles. The number of hydrogen-bond donors (Lipinski definition) is 1. The van der Waals surface area contributed by atoms with Gasteiger partial charge in [-0.2, -0.15) is 5.26 Å². The topological polar surface area (TPSA) is 79.2 Å². The maximum Gasteiger partial charge on any atom is 0.241 e. The van der Waals surface area contributed by atoms with Crippen molar-refractivity contribution in [3.8, 4) is 6.07 Å². The molecule has 0 fully saturated rings. The number of nitrogens with zero attached hydrogens (tertiary/aromatic N) is 1. The molecule has 0 atom stereocenters. The first kappa shape index (κ1) is 17.6. The minimum atomic E-state index is -3.89. The molecule has 21 heavy (non-hydrogen) atoms. The zero-order valence-electron chi connectivity index (χ0n) is 11.9. The summed E-state index contributed by atoms with van der Waals surface area (Å²) in [6.07, 6.45) is 2.53. The summed E-state index contributed by atoms with van der Waals surface area (Å²) in [5.74, 6) is -0.844. The zero-order valence-corrected chi connectivity index (χ0v) is 12.7. The second-order valence-corrected chi connectivity index (χ2v) is 6.18. The Morgan fingerprint density at radius 2 is 2.05 bits per heavy atom. The van der Waals surface area contributed by atoms with Crippen LogP contribution in [0.15, 0.2) is 23.1 Å². The van der Waals surface area contributed by atoms with Gasteiger partial charge in [0.25, 0.3) is 0 Å². The molecule has 7 heteroatoms. The number of sulfonamides is 1. The molecule has 1 aromatic rings. The van der Waals surface area contributed by atoms with Crippen molar-refractivity contribution in [2.75, 3.05) is 19.8 Å². The molecule has 0 spiro atoms. The molecule has 0 saturated heterocycles. The molecule has 0 amide bonds. The Labute approximate surface area is 124 Å². The fraction of sp³-hybridized carbons (Fsp3) is 0.500. The summed E-state index contributed by atoms with van der Waals surface area (Å²) in [5, 5.41) is 8.85. The third-order valence-electron chi connectivity index (χ3n) is 2.78. The normalized spacial score (nSPS) is 11.3. The highest BCUT2D eigenvalue weighted by Crippen LogP contribution is 2.17. The van der Waals surface area contributed by atoms with E-state index in [9.17, 15) is 12.8 Å². The minimum Gasteiger partial charge on any atom is -0.381 e. The summed E-state index contributed by atoms with van der Waals surface area (Å²) in [7, 11) is -3.89. The summed E-state index contributed by atoms with van der Waals surface area (Å²) >= 11 is 0. The van der Waals surface area contributed by atoms with Gasteiger partial charge in [-0.15, -0.1) is 0 Å². The Hall–Kier alpha value is -1.49. The molecule has 0 aliphatic rings. The van der Waals surface area contributed by atoms with E-state index in [0.29, 0.717) is 19.6 Å². The highest BCUT2D eigenvalue weighted by molar-refractivity contribution is 7.89. The first-order valence-corrected chi connectivity index (χ1v) is 8.27. The summed E-state index contributed by atoms with van der Waals surface area (Å²) in [6, 6.07) is 5.10. The van der Waals surface area contributed by atoms with Crippen molar-refractivity contribution in [3.05, 3.63) is 29.6 Å². The van der Waals surface area contributed by atoms with Crippen LogP contribution in [0.1, 0.15) is 31.7 Å². The van der Waals surface area contributed by atoms with Gasteiger partial charge in [-0.3, -0.25) is 0 Å². The van der Waals surface area contributed by atoms with Crippen LogP contribution in [0.4, 0.5) is 4.39 Å². The third kappa shape index (κ3) is 5.42. The number of halogens is 1. The quantitative estimate of drug-likeness (QED) is 0.709. The lowest BCUT2D eigenvalue weighted by Crippen LogP contribution is -2.26. The molecule has 0 aliphatic carbocycles. The summed E-state index contributed by atoms with van der Waals surface area (Å²) < 4.78 is 45.1. The number of ether oxygens (including phenoxy) is 1. The smallest absolute Gasteiger partial charge is 0.241 e. The number of nitriles is 1. The van der Waals surface area contributed by atoms with E-state index in [-0.39, 0.29) is 11.4 Å². The van der Waals surface area contributed by atoms with Gasteiger partial charge in [0.15, 0.2) is 0 Å². The Bertz CT molecular complexity index is 597. The Kier molecular flexibility index (Phi) is 7.29. The molecule has 0 unspecified atom stereocenters. The van der Waals surface area contributed by atoms with Gasteiger partial charge in [0.05, 0.1) is 0 Å². The molecule has 0 radical (unpaired) electrons. The maximum atomic E-state index is 13.4. The van der Waals surface area contributed by atoms with E-state index in [1.807, 2.05) is 0 Å². The van der Waals surface area contributed by atoms with E-state index in [2.05, 4.69) is 11.6 Å². The fourth-order valence-electron chi connectivity index (χ4n) is 1.64. The molecular weight excluding hydrogens is 295 g/mol. The van der Waals surface area contributed by atoms with Crippen molar-refractivity contribution in [2.45, 2.75) is 31.1 Å². The molecular formula is C14H19FN2O3S. The average Bonchev–Trinajstić information content (AvgIpc) is 2.46. The molecule has 1 rings (SSSR count). The molecule has 5 nitrogen and oxygen atoms in total. The molecule has 0 aliphatic heterocycles. The number of nitrogens with one attached hydrogen (secondary N) is 1. The van der Waals surface area contributed by atoms with Crippen LogP contribution in [0.25, 0.3) is 0 Å². The lowest BCUT2D eigenvalue weighted by Gasteiger charge is -2.08. The second-order valence-electron chi connectivity index (χ2n) is 4.44. The standard InChI is InChI=1S/C14H19FN2O3S/c1-2-3-9-20-10-5-8-17-21(18,19)14-7-4-6-13(15)12(14)11-16/h4,6-7,17H,2-3,5,8-10H2,1H3. The second kappa shape index (κ2) is 8.72. The highest BCUT2D eigenvalue weighted by Gasteiger charge is 2.20. The van der Waals surface area contributed by atoms with Crippen LogP contribution in [0.2, 0.25) is 0 Å². The van der Waals surface area contributed by atoms with Crippen molar-refractivity contribution < 1.29 is 17.5 Å². The van der Waals surface area contributed by atoms with Crippen LogP contribution < -0.4 is 4.72 Å². The first-order chi connectivity index (χ1) is 10.0. The highest BCUT2D eigenvalue weighted by atomic mass is 32.2. The van der Waals surface area contributed by atoms with Gasteiger partial charge in [0.1, 0.15) is 22.3 Å². The van der Waals surface area contributed by atoms with Gasteiger partial charge < -0.3 is 4.74 Å². The Morgan fingerprint density at radius 1 is 1.33 bits per heavy atom. The SMILES string of the molecule is CCCCOCCCNS(=O)(=O)c1cccc(F)c1C#N. The van der Waals surface area contributed by atoms with Crippen LogP contribution in [-0.2, 0) is 14.8 Å². The van der Waals surface area contributed by atoms with E-state index in [0.717, 1.165) is 18.9 Å². The van der Waals surface area contributed by atoms with Crippen molar-refractivity contribution in [2.24, 2.45) is 0 Å². The van der Waals surface area contributed by atoms with Gasteiger partial charge in [-0.1, -0.05) is 19.4 Å². The lowest BCUT2D eigenvalue weighted by molar-refractivity contribution is 0.130. The third-order valence-corrected chi connectivity index (χ3v) is 4.28. The van der Waals surface area contributed by atoms with Gasteiger partial charge in [-0.05, 0) is 25.0 Å². The van der Waals surface area contributed by atoms with Crippen molar-refractivity contribution >= 4 is 10.0 Å². The van der Waals surface area contributed by atoms with E-state index in [4.69, 9.17) is 10.00 Å².